The van der Waals surface area contributed by atoms with Crippen molar-refractivity contribution in [2.75, 3.05) is 13.1 Å². The second-order valence-electron chi connectivity index (χ2n) is 4.63. The Labute approximate surface area is 95.9 Å². The highest BCUT2D eigenvalue weighted by atomic mass is 16.3. The maximum atomic E-state index is 10.6. The number of hydrogen-bond donors (Lipinski definition) is 2. The van der Waals surface area contributed by atoms with Crippen LogP contribution in [0.25, 0.3) is 0 Å². The van der Waals surface area contributed by atoms with Gasteiger partial charge in [-0.3, -0.25) is 4.68 Å². The van der Waals surface area contributed by atoms with Crippen molar-refractivity contribution in [3.05, 3.63) is 12.2 Å². The lowest BCUT2D eigenvalue weighted by Gasteiger charge is -2.38. The predicted octanol–water partition coefficient (Wildman–Crippen LogP) is 0.201. The molecule has 1 aliphatic heterocycles. The molecular weight excluding hydrogens is 204 g/mol. The van der Waals surface area contributed by atoms with Gasteiger partial charge < -0.3 is 10.4 Å². The van der Waals surface area contributed by atoms with Gasteiger partial charge in [0.1, 0.15) is 12.2 Å². The molecule has 1 aliphatic rings. The van der Waals surface area contributed by atoms with E-state index in [-0.39, 0.29) is 5.92 Å². The number of nitrogens with one attached hydrogen (secondary N) is 1. The summed E-state index contributed by atoms with van der Waals surface area (Å²) < 4.78 is 1.85. The smallest absolute Gasteiger partial charge is 0.138 e. The summed E-state index contributed by atoms with van der Waals surface area (Å²) in [5.74, 6) is 1.14. The van der Waals surface area contributed by atoms with Gasteiger partial charge in [0.05, 0.1) is 5.60 Å². The van der Waals surface area contributed by atoms with Crippen LogP contribution in [-0.4, -0.2) is 38.6 Å². The lowest BCUT2D eigenvalue weighted by Crippen LogP contribution is -2.50. The highest BCUT2D eigenvalue weighted by molar-refractivity contribution is 4.99. The van der Waals surface area contributed by atoms with Gasteiger partial charge in [0.25, 0.3) is 0 Å². The van der Waals surface area contributed by atoms with Gasteiger partial charge in [-0.15, -0.1) is 0 Å². The van der Waals surface area contributed by atoms with Crippen LogP contribution in [0.5, 0.6) is 0 Å². The van der Waals surface area contributed by atoms with Gasteiger partial charge >= 0.3 is 0 Å². The topological polar surface area (TPSA) is 63.0 Å². The molecule has 2 heterocycles. The van der Waals surface area contributed by atoms with Crippen molar-refractivity contribution in [1.29, 1.82) is 0 Å². The molecule has 2 unspecified atom stereocenters. The van der Waals surface area contributed by atoms with E-state index >= 15 is 0 Å². The van der Waals surface area contributed by atoms with Crippen LogP contribution in [0.1, 0.15) is 26.1 Å². The second kappa shape index (κ2) is 4.51. The molecule has 0 aromatic carbocycles. The zero-order chi connectivity index (χ0) is 11.6. The summed E-state index contributed by atoms with van der Waals surface area (Å²) in [4.78, 5) is 4.23. The Morgan fingerprint density at radius 1 is 1.69 bits per heavy atom. The van der Waals surface area contributed by atoms with E-state index in [9.17, 15) is 5.11 Å². The third-order valence-electron chi connectivity index (χ3n) is 3.56. The monoisotopic (exact) mass is 224 g/mol. The van der Waals surface area contributed by atoms with Gasteiger partial charge in [0, 0.05) is 19.5 Å². The molecule has 16 heavy (non-hydrogen) atoms. The molecular formula is C11H20N4O. The van der Waals surface area contributed by atoms with Gasteiger partial charge in [-0.1, -0.05) is 6.92 Å². The molecule has 0 amide bonds. The van der Waals surface area contributed by atoms with Crippen LogP contribution in [0.2, 0.25) is 0 Å². The first-order valence-electron chi connectivity index (χ1n) is 5.95. The minimum atomic E-state index is -0.634. The van der Waals surface area contributed by atoms with E-state index in [1.807, 2.05) is 11.6 Å². The molecule has 0 saturated carbocycles. The fraction of sp³-hybridized carbons (Fsp3) is 0.818. The molecule has 2 atom stereocenters. The summed E-state index contributed by atoms with van der Waals surface area (Å²) >= 11 is 0. The van der Waals surface area contributed by atoms with E-state index in [1.165, 1.54) is 0 Å². The zero-order valence-electron chi connectivity index (χ0n) is 9.98. The minimum absolute atomic E-state index is 0.253. The summed E-state index contributed by atoms with van der Waals surface area (Å²) in [7, 11) is 0. The van der Waals surface area contributed by atoms with Gasteiger partial charge in [-0.2, -0.15) is 5.10 Å². The van der Waals surface area contributed by atoms with Crippen LogP contribution in [0.15, 0.2) is 6.33 Å². The van der Waals surface area contributed by atoms with E-state index in [0.717, 1.165) is 31.9 Å². The average molecular weight is 224 g/mol. The Morgan fingerprint density at radius 2 is 2.50 bits per heavy atom. The first-order chi connectivity index (χ1) is 7.65. The second-order valence-corrected chi connectivity index (χ2v) is 4.63. The van der Waals surface area contributed by atoms with Crippen LogP contribution in [0.4, 0.5) is 0 Å². The van der Waals surface area contributed by atoms with Crippen LogP contribution in [0, 0.1) is 5.92 Å². The van der Waals surface area contributed by atoms with Crippen LogP contribution in [-0.2, 0) is 13.0 Å². The zero-order valence-corrected chi connectivity index (χ0v) is 9.98. The van der Waals surface area contributed by atoms with E-state index < -0.39 is 5.60 Å². The van der Waals surface area contributed by atoms with Crippen molar-refractivity contribution in [3.8, 4) is 0 Å². The minimum Gasteiger partial charge on any atom is -0.389 e. The highest BCUT2D eigenvalue weighted by Crippen LogP contribution is 2.27. The van der Waals surface area contributed by atoms with Crippen LogP contribution < -0.4 is 5.32 Å². The molecule has 0 aliphatic carbocycles. The lowest BCUT2D eigenvalue weighted by atomic mass is 9.80. The molecule has 5 nitrogen and oxygen atoms in total. The number of aryl methyl sites for hydroxylation is 1. The Morgan fingerprint density at radius 3 is 3.19 bits per heavy atom. The maximum Gasteiger partial charge on any atom is 0.138 e. The normalized spacial score (nSPS) is 30.6. The van der Waals surface area contributed by atoms with Crippen molar-refractivity contribution in [2.24, 2.45) is 5.92 Å². The molecule has 2 rings (SSSR count). The van der Waals surface area contributed by atoms with Crippen molar-refractivity contribution < 1.29 is 5.11 Å². The summed E-state index contributed by atoms with van der Waals surface area (Å²) in [6.45, 7) is 6.67. The van der Waals surface area contributed by atoms with Crippen molar-refractivity contribution in [1.82, 2.24) is 20.1 Å². The third kappa shape index (κ3) is 2.10. The quantitative estimate of drug-likeness (QED) is 0.770. The van der Waals surface area contributed by atoms with E-state index in [4.69, 9.17) is 0 Å². The van der Waals surface area contributed by atoms with Crippen LogP contribution in [0.3, 0.4) is 0 Å². The van der Waals surface area contributed by atoms with Gasteiger partial charge in [0.2, 0.25) is 0 Å². The number of rotatable bonds is 3. The summed E-state index contributed by atoms with van der Waals surface area (Å²) in [6, 6.07) is 0. The van der Waals surface area contributed by atoms with Gasteiger partial charge in [0.15, 0.2) is 0 Å². The van der Waals surface area contributed by atoms with Gasteiger partial charge in [-0.05, 0) is 25.8 Å². The summed E-state index contributed by atoms with van der Waals surface area (Å²) in [5.41, 5.74) is -0.634. The molecule has 1 fully saturated rings. The number of aliphatic hydroxyl groups is 1. The predicted molar refractivity (Wildman–Crippen MR) is 61.0 cm³/mol. The standard InChI is InChI=1S/C11H20N4O/c1-3-15-10(13-8-14-15)6-11(16)4-5-12-7-9(11)2/h8-9,12,16H,3-7H2,1-2H3. The molecule has 0 bridgehead atoms. The molecule has 5 heteroatoms. The van der Waals surface area contributed by atoms with E-state index in [2.05, 4.69) is 22.3 Å². The maximum absolute atomic E-state index is 10.6. The fourth-order valence-corrected chi connectivity index (χ4v) is 2.29. The molecule has 1 saturated heterocycles. The first-order valence-corrected chi connectivity index (χ1v) is 5.95. The SMILES string of the molecule is CCn1ncnc1CC1(O)CCNCC1C. The lowest BCUT2D eigenvalue weighted by molar-refractivity contribution is -0.0352. The highest BCUT2D eigenvalue weighted by Gasteiger charge is 2.37. The Hall–Kier alpha value is -0.940. The third-order valence-corrected chi connectivity index (χ3v) is 3.56. The Kier molecular flexibility index (Phi) is 3.25. The fourth-order valence-electron chi connectivity index (χ4n) is 2.29. The van der Waals surface area contributed by atoms with Crippen LogP contribution >= 0.6 is 0 Å². The van der Waals surface area contributed by atoms with Gasteiger partial charge in [-0.25, -0.2) is 4.98 Å². The number of piperidine rings is 1. The Balaban J connectivity index is 2.13. The van der Waals surface area contributed by atoms with Crippen molar-refractivity contribution in [3.63, 3.8) is 0 Å². The van der Waals surface area contributed by atoms with E-state index in [1.54, 1.807) is 6.33 Å². The van der Waals surface area contributed by atoms with Crippen molar-refractivity contribution in [2.45, 2.75) is 38.8 Å². The number of nitrogens with zero attached hydrogens (tertiary/aromatic N) is 3. The number of hydrogen-bond acceptors (Lipinski definition) is 4. The largest absolute Gasteiger partial charge is 0.389 e. The molecule has 1 aromatic heterocycles. The molecule has 2 N–H and O–H groups in total. The first kappa shape index (κ1) is 11.5. The molecule has 90 valence electrons. The summed E-state index contributed by atoms with van der Waals surface area (Å²) in [5, 5.41) is 18.0. The van der Waals surface area contributed by atoms with Crippen molar-refractivity contribution >= 4 is 0 Å². The average Bonchev–Trinajstić information content (AvgIpc) is 2.70. The molecule has 0 spiro atoms. The summed E-state index contributed by atoms with van der Waals surface area (Å²) in [6.07, 6.45) is 2.95. The molecule has 0 radical (unpaired) electrons. The Bertz CT molecular complexity index is 352. The number of aromatic nitrogens is 3. The van der Waals surface area contributed by atoms with E-state index in [0.29, 0.717) is 6.42 Å². The molecule has 1 aromatic rings.